The molecule has 3 heterocycles. The van der Waals surface area contributed by atoms with Crippen molar-refractivity contribution in [3.63, 3.8) is 0 Å². The lowest BCUT2D eigenvalue weighted by Crippen LogP contribution is -2.60. The molecule has 0 aliphatic carbocycles. The number of methoxy groups -OCH3 is 1. The molecule has 18 atom stereocenters. The van der Waals surface area contributed by atoms with E-state index in [4.69, 9.17) is 38.3 Å². The normalized spacial score (nSPS) is 39.8. The van der Waals surface area contributed by atoms with Gasteiger partial charge in [-0.3, -0.25) is 19.3 Å². The van der Waals surface area contributed by atoms with Gasteiger partial charge in [0.05, 0.1) is 41.5 Å². The second-order valence-electron chi connectivity index (χ2n) is 20.7. The summed E-state index contributed by atoms with van der Waals surface area (Å²) in [6.07, 6.45) is -7.95. The third kappa shape index (κ3) is 16.3. The van der Waals surface area contributed by atoms with Crippen molar-refractivity contribution in [3.8, 4) is 0 Å². The number of carboxylic acid groups (broad SMARTS) is 1. The molecule has 398 valence electrons. The minimum Gasteiger partial charge on any atom is -0.483 e. The number of aliphatic hydroxyl groups excluding tert-OH is 3. The highest BCUT2D eigenvalue weighted by Gasteiger charge is 2.53. The summed E-state index contributed by atoms with van der Waals surface area (Å²) in [5, 5.41) is 69.6. The van der Waals surface area contributed by atoms with Gasteiger partial charge in [-0.1, -0.05) is 32.9 Å². The number of halogens is 1. The van der Waals surface area contributed by atoms with Gasteiger partial charge in [0.1, 0.15) is 35.8 Å². The van der Waals surface area contributed by atoms with Crippen molar-refractivity contribution in [1.82, 2.24) is 15.1 Å². The number of amides is 1. The van der Waals surface area contributed by atoms with Crippen molar-refractivity contribution in [2.24, 2.45) is 17.8 Å². The van der Waals surface area contributed by atoms with Crippen LogP contribution in [-0.4, -0.2) is 190 Å². The molecule has 4 rings (SSSR count). The summed E-state index contributed by atoms with van der Waals surface area (Å²) in [6.45, 7) is 18.2. The summed E-state index contributed by atoms with van der Waals surface area (Å²) in [5.41, 5.74) is -3.81. The molecule has 7 N–H and O–H groups in total. The Bertz CT molecular complexity index is 1730. The Morgan fingerprint density at radius 3 is 2.19 bits per heavy atom. The van der Waals surface area contributed by atoms with Crippen LogP contribution in [0.2, 0.25) is 0 Å². The molecule has 0 unspecified atom stereocenters. The van der Waals surface area contributed by atoms with Gasteiger partial charge in [0.25, 0.3) is 6.47 Å². The molecule has 1 aromatic rings. The van der Waals surface area contributed by atoms with Crippen LogP contribution >= 0.6 is 0 Å². The van der Waals surface area contributed by atoms with Gasteiger partial charge in [-0.2, -0.15) is 0 Å². The van der Waals surface area contributed by atoms with Crippen molar-refractivity contribution in [2.75, 3.05) is 40.8 Å². The van der Waals surface area contributed by atoms with E-state index in [1.165, 1.54) is 26.2 Å². The zero-order valence-electron chi connectivity index (χ0n) is 43.2. The number of carbonyl (C=O) groups excluding carboxylic acids is 2. The van der Waals surface area contributed by atoms with E-state index in [2.05, 4.69) is 5.32 Å². The number of rotatable bonds is 14. The summed E-state index contributed by atoms with van der Waals surface area (Å²) < 4.78 is 51.4. The number of hydrogen-bond acceptors (Lipinski definition) is 16. The average Bonchev–Trinajstić information content (AvgIpc) is 3.28. The molecule has 0 spiro atoms. The Morgan fingerprint density at radius 2 is 1.61 bits per heavy atom. The van der Waals surface area contributed by atoms with E-state index in [1.54, 1.807) is 60.6 Å². The van der Waals surface area contributed by atoms with Crippen LogP contribution in [0.3, 0.4) is 0 Å². The topological polar surface area (TPSA) is 246 Å². The summed E-state index contributed by atoms with van der Waals surface area (Å²) in [4.78, 5) is 39.6. The van der Waals surface area contributed by atoms with Crippen LogP contribution in [0.4, 0.5) is 4.39 Å². The van der Waals surface area contributed by atoms with Crippen LogP contribution in [0.5, 0.6) is 0 Å². The molecule has 69 heavy (non-hydrogen) atoms. The highest BCUT2D eigenvalue weighted by Crippen LogP contribution is 2.40. The number of benzene rings is 1. The number of likely N-dealkylation sites (N-methyl/N-ethyl adjacent to an activating group) is 1. The monoisotopic (exact) mass is 988 g/mol. The van der Waals surface area contributed by atoms with Crippen LogP contribution in [0.25, 0.3) is 0 Å². The van der Waals surface area contributed by atoms with Gasteiger partial charge in [-0.05, 0) is 118 Å². The fourth-order valence-corrected chi connectivity index (χ4v) is 10.4. The summed E-state index contributed by atoms with van der Waals surface area (Å²) in [7, 11) is 5.24. The van der Waals surface area contributed by atoms with Gasteiger partial charge in [0, 0.05) is 57.6 Å². The number of aryl methyl sites for hydroxylation is 1. The second kappa shape index (κ2) is 26.7. The second-order valence-corrected chi connectivity index (χ2v) is 20.7. The largest absolute Gasteiger partial charge is 0.483 e. The smallest absolute Gasteiger partial charge is 0.311 e. The average molecular weight is 988 g/mol. The molecule has 3 aliphatic rings. The maximum atomic E-state index is 14.5. The van der Waals surface area contributed by atoms with E-state index >= 15 is 0 Å². The fraction of sp³-hybridized carbons (Fsp3) is 0.820. The van der Waals surface area contributed by atoms with Crippen molar-refractivity contribution >= 4 is 18.3 Å². The molecule has 0 radical (unpaired) electrons. The Hall–Kier alpha value is -2.92. The van der Waals surface area contributed by atoms with Crippen molar-refractivity contribution in [3.05, 3.63) is 35.6 Å². The lowest BCUT2D eigenvalue weighted by molar-refractivity contribution is -0.318. The minimum atomic E-state index is -1.93. The lowest BCUT2D eigenvalue weighted by atomic mass is 9.77. The first kappa shape index (κ1) is 60.4. The molecule has 0 bridgehead atoms. The number of hydrogen-bond donors (Lipinski definition) is 7. The number of cyclic esters (lactones) is 1. The predicted octanol–water partition coefficient (Wildman–Crippen LogP) is 3.25. The third-order valence-corrected chi connectivity index (χ3v) is 14.5. The van der Waals surface area contributed by atoms with E-state index in [9.17, 15) is 39.5 Å². The van der Waals surface area contributed by atoms with Crippen LogP contribution in [0.1, 0.15) is 113 Å². The van der Waals surface area contributed by atoms with E-state index < -0.39 is 96.0 Å². The Morgan fingerprint density at radius 1 is 0.986 bits per heavy atom. The number of nitrogens with one attached hydrogen (secondary N) is 1. The number of ether oxygens (including phenoxy) is 6. The molecule has 3 fully saturated rings. The van der Waals surface area contributed by atoms with Crippen LogP contribution in [0, 0.1) is 23.6 Å². The lowest BCUT2D eigenvalue weighted by Gasteiger charge is -2.48. The van der Waals surface area contributed by atoms with Crippen LogP contribution in [0.15, 0.2) is 24.3 Å². The van der Waals surface area contributed by atoms with Gasteiger partial charge < -0.3 is 69.3 Å². The Kier molecular flexibility index (Phi) is 23.3. The highest BCUT2D eigenvalue weighted by molar-refractivity contribution is 5.76. The van der Waals surface area contributed by atoms with Gasteiger partial charge in [0.2, 0.25) is 5.91 Å². The molecular weight excluding hydrogens is 902 g/mol. The van der Waals surface area contributed by atoms with Crippen LogP contribution < -0.4 is 5.32 Å². The maximum absolute atomic E-state index is 14.5. The first-order valence-electron chi connectivity index (χ1n) is 24.5. The quantitative estimate of drug-likeness (QED) is 0.0804. The predicted molar refractivity (Wildman–Crippen MR) is 254 cm³/mol. The summed E-state index contributed by atoms with van der Waals surface area (Å²) in [5.74, 6) is -3.40. The number of esters is 1. The molecule has 3 saturated heterocycles. The summed E-state index contributed by atoms with van der Waals surface area (Å²) >= 11 is 0. The fourth-order valence-electron chi connectivity index (χ4n) is 10.4. The first-order chi connectivity index (χ1) is 32.2. The van der Waals surface area contributed by atoms with Crippen molar-refractivity contribution < 1.29 is 77.8 Å². The molecule has 0 aromatic heterocycles. The van der Waals surface area contributed by atoms with E-state index in [0.717, 1.165) is 5.56 Å². The SMILES string of the molecule is CC[C@H]1OC(=O)[C@H](C)[C@@H](O[C@H]2C[C@@](C)(OC)[C@@H](O)[C@H](C)O2)[C@H](C)[C@@H](O[C@@H]2O[C@H](C)C[C@H](N(C)C)[C@H]2O)[C@](C)(O)C[C@@H](C)CN(CCCNC(=O)CCc2ccc(F)cc2)[C@H](C)[C@@H](O)[C@]1(C)O.O=CO. The molecular formula is C50H86FN3O15. The van der Waals surface area contributed by atoms with E-state index in [-0.39, 0.29) is 61.9 Å². The van der Waals surface area contributed by atoms with Crippen LogP contribution in [-0.2, 0) is 49.2 Å². The van der Waals surface area contributed by atoms with Crippen molar-refractivity contribution in [2.45, 2.75) is 204 Å². The number of aliphatic hydroxyl groups is 5. The summed E-state index contributed by atoms with van der Waals surface area (Å²) in [6, 6.07) is 5.03. The molecule has 1 amide bonds. The Balaban J connectivity index is 0.00000409. The number of carbonyl (C=O) groups is 3. The molecule has 3 aliphatic heterocycles. The molecule has 19 heteroatoms. The molecule has 0 saturated carbocycles. The zero-order valence-corrected chi connectivity index (χ0v) is 43.2. The highest BCUT2D eigenvalue weighted by atomic mass is 19.1. The van der Waals surface area contributed by atoms with Gasteiger partial charge >= 0.3 is 5.97 Å². The zero-order chi connectivity index (χ0) is 52.2. The van der Waals surface area contributed by atoms with E-state index in [0.29, 0.717) is 38.9 Å². The molecule has 1 aromatic carbocycles. The molecule has 18 nitrogen and oxygen atoms in total. The van der Waals surface area contributed by atoms with Gasteiger partial charge in [-0.25, -0.2) is 4.39 Å². The minimum absolute atomic E-state index is 0.0946. The van der Waals surface area contributed by atoms with Gasteiger partial charge in [-0.15, -0.1) is 0 Å². The van der Waals surface area contributed by atoms with E-state index in [1.807, 2.05) is 37.7 Å². The standard InChI is InChI=1S/C49H84FN3O13.CH2O2/c1-14-37-49(10,60)42(56)32(6)53(23-15-22-51-38(54)21-18-34-16-19-35(50)20-17-34)27-28(2)25-47(8,59)44(66-46-40(55)36(52(11)12)24-29(3)62-46)30(4)41(31(5)45(58)64-37)65-39-26-48(9,61-13)43(57)33(7)63-39;2-1-3/h16-17,19-20,28-33,36-37,39-44,46,55-57,59-60H,14-15,18,21-27H2,1-13H3,(H,51,54);1H,(H,2,3)/t28-,29-,30+,31-,32-,33+,36+,37-,39+,40-,41+,42-,43+,44-,46+,47-,48-,49-;/m1./s1. The maximum Gasteiger partial charge on any atom is 0.311 e. The van der Waals surface area contributed by atoms with Gasteiger partial charge in [0.15, 0.2) is 12.6 Å². The Labute approximate surface area is 409 Å². The first-order valence-corrected chi connectivity index (χ1v) is 24.5. The van der Waals surface area contributed by atoms with Crippen molar-refractivity contribution in [1.29, 1.82) is 0 Å². The third-order valence-electron chi connectivity index (χ3n) is 14.5. The number of nitrogens with zero attached hydrogens (tertiary/aromatic N) is 2.